The van der Waals surface area contributed by atoms with Gasteiger partial charge in [0, 0.05) is 32.9 Å². The van der Waals surface area contributed by atoms with Crippen molar-refractivity contribution >= 4 is 29.9 Å². The highest BCUT2D eigenvalue weighted by molar-refractivity contribution is 14.0. The number of aliphatic imine (C=N–C) groups is 1. The van der Waals surface area contributed by atoms with E-state index in [1.807, 2.05) is 31.0 Å². The zero-order valence-electron chi connectivity index (χ0n) is 16.2. The van der Waals surface area contributed by atoms with Crippen molar-refractivity contribution in [1.82, 2.24) is 25.3 Å². The summed E-state index contributed by atoms with van der Waals surface area (Å²) in [4.78, 5) is 7.02. The van der Waals surface area contributed by atoms with Gasteiger partial charge in [-0.15, -0.1) is 24.0 Å². The minimum absolute atomic E-state index is 0. The van der Waals surface area contributed by atoms with Crippen molar-refractivity contribution in [2.75, 3.05) is 26.7 Å². The Morgan fingerprint density at radius 2 is 1.88 bits per heavy atom. The van der Waals surface area contributed by atoms with Crippen LogP contribution in [0.4, 0.5) is 0 Å². The molecule has 1 aliphatic heterocycles. The Bertz CT molecular complexity index is 505. The molecule has 1 atom stereocenters. The SMILES string of the molecule is CN=C(NCc1ccnn1C)NCC(C(C)C)N1CCCCCC1.I. The highest BCUT2D eigenvalue weighted by Gasteiger charge is 2.22. The molecule has 0 radical (unpaired) electrons. The van der Waals surface area contributed by atoms with Gasteiger partial charge >= 0.3 is 0 Å². The molecule has 2 rings (SSSR count). The summed E-state index contributed by atoms with van der Waals surface area (Å²) in [7, 11) is 3.79. The fourth-order valence-corrected chi connectivity index (χ4v) is 3.38. The van der Waals surface area contributed by atoms with Crippen LogP contribution in [0.5, 0.6) is 0 Å². The summed E-state index contributed by atoms with van der Waals surface area (Å²) in [6.07, 6.45) is 7.24. The molecule has 1 aromatic rings. The average Bonchev–Trinajstić information content (AvgIpc) is 2.81. The van der Waals surface area contributed by atoms with Crippen LogP contribution < -0.4 is 10.6 Å². The van der Waals surface area contributed by atoms with Gasteiger partial charge < -0.3 is 10.6 Å². The highest BCUT2D eigenvalue weighted by Crippen LogP contribution is 2.17. The van der Waals surface area contributed by atoms with Crippen molar-refractivity contribution in [1.29, 1.82) is 0 Å². The number of aryl methyl sites for hydroxylation is 1. The van der Waals surface area contributed by atoms with E-state index in [1.54, 1.807) is 0 Å². The van der Waals surface area contributed by atoms with Crippen molar-refractivity contribution < 1.29 is 0 Å². The van der Waals surface area contributed by atoms with Crippen LogP contribution in [0.2, 0.25) is 0 Å². The van der Waals surface area contributed by atoms with Crippen LogP contribution in [0.1, 0.15) is 45.2 Å². The second-order valence-corrected chi connectivity index (χ2v) is 7.01. The van der Waals surface area contributed by atoms with Crippen molar-refractivity contribution in [3.05, 3.63) is 18.0 Å². The Hall–Kier alpha value is -0.830. The maximum Gasteiger partial charge on any atom is 0.191 e. The van der Waals surface area contributed by atoms with Crippen molar-refractivity contribution in [2.24, 2.45) is 18.0 Å². The second-order valence-electron chi connectivity index (χ2n) is 7.01. The number of hydrogen-bond donors (Lipinski definition) is 2. The van der Waals surface area contributed by atoms with Gasteiger partial charge in [-0.2, -0.15) is 5.10 Å². The molecular formula is C18H35IN6. The maximum atomic E-state index is 4.36. The molecule has 0 saturated carbocycles. The molecule has 0 aromatic carbocycles. The average molecular weight is 462 g/mol. The van der Waals surface area contributed by atoms with Gasteiger partial charge in [-0.1, -0.05) is 26.7 Å². The van der Waals surface area contributed by atoms with Gasteiger partial charge in [0.05, 0.1) is 12.2 Å². The Labute approximate surface area is 169 Å². The molecule has 0 spiro atoms. The fraction of sp³-hybridized carbons (Fsp3) is 0.778. The van der Waals surface area contributed by atoms with Crippen LogP contribution in [-0.2, 0) is 13.6 Å². The zero-order chi connectivity index (χ0) is 17.4. The van der Waals surface area contributed by atoms with E-state index < -0.39 is 0 Å². The van der Waals surface area contributed by atoms with Gasteiger partial charge in [0.2, 0.25) is 0 Å². The van der Waals surface area contributed by atoms with E-state index in [0.29, 0.717) is 12.0 Å². The van der Waals surface area contributed by atoms with E-state index in [-0.39, 0.29) is 24.0 Å². The van der Waals surface area contributed by atoms with E-state index in [1.165, 1.54) is 38.8 Å². The maximum absolute atomic E-state index is 4.36. The first-order chi connectivity index (χ1) is 11.6. The van der Waals surface area contributed by atoms with Crippen LogP contribution >= 0.6 is 24.0 Å². The molecule has 2 N–H and O–H groups in total. The zero-order valence-corrected chi connectivity index (χ0v) is 18.5. The molecule has 1 saturated heterocycles. The van der Waals surface area contributed by atoms with Crippen LogP contribution in [0.25, 0.3) is 0 Å². The molecule has 0 aliphatic carbocycles. The smallest absolute Gasteiger partial charge is 0.191 e. The minimum Gasteiger partial charge on any atom is -0.355 e. The Morgan fingerprint density at radius 3 is 2.40 bits per heavy atom. The minimum atomic E-state index is 0. The van der Waals surface area contributed by atoms with Crippen LogP contribution in [-0.4, -0.2) is 53.4 Å². The summed E-state index contributed by atoms with van der Waals surface area (Å²) >= 11 is 0. The number of hydrogen-bond acceptors (Lipinski definition) is 3. The number of nitrogens with zero attached hydrogens (tertiary/aromatic N) is 4. The van der Waals surface area contributed by atoms with Crippen LogP contribution in [0.3, 0.4) is 0 Å². The number of nitrogens with one attached hydrogen (secondary N) is 2. The first kappa shape index (κ1) is 22.2. The molecule has 2 heterocycles. The monoisotopic (exact) mass is 462 g/mol. The van der Waals surface area contributed by atoms with Crippen molar-refractivity contribution in [3.63, 3.8) is 0 Å². The molecule has 1 unspecified atom stereocenters. The summed E-state index contributed by atoms with van der Waals surface area (Å²) < 4.78 is 1.88. The first-order valence-electron chi connectivity index (χ1n) is 9.27. The van der Waals surface area contributed by atoms with E-state index >= 15 is 0 Å². The van der Waals surface area contributed by atoms with Gasteiger partial charge in [0.1, 0.15) is 0 Å². The Kier molecular flexibility index (Phi) is 10.4. The molecule has 1 aliphatic rings. The van der Waals surface area contributed by atoms with Gasteiger partial charge in [-0.05, 0) is 37.9 Å². The summed E-state index contributed by atoms with van der Waals surface area (Å²) in [5, 5.41) is 11.1. The van der Waals surface area contributed by atoms with Gasteiger partial charge in [-0.3, -0.25) is 14.6 Å². The van der Waals surface area contributed by atoms with E-state index in [0.717, 1.165) is 24.7 Å². The standard InChI is InChI=1S/C18H34N6.HI/c1-15(2)17(24-11-7-5-6-8-12-24)14-21-18(19-3)20-13-16-9-10-22-23(16)4;/h9-10,15,17H,5-8,11-14H2,1-4H3,(H2,19,20,21);1H. The molecule has 144 valence electrons. The number of aromatic nitrogens is 2. The summed E-state index contributed by atoms with van der Waals surface area (Å²) in [5.41, 5.74) is 1.14. The summed E-state index contributed by atoms with van der Waals surface area (Å²) in [6, 6.07) is 2.58. The number of rotatable bonds is 6. The Morgan fingerprint density at radius 1 is 1.20 bits per heavy atom. The third-order valence-corrected chi connectivity index (χ3v) is 4.94. The molecule has 1 aromatic heterocycles. The second kappa shape index (κ2) is 11.7. The predicted molar refractivity (Wildman–Crippen MR) is 115 cm³/mol. The van der Waals surface area contributed by atoms with E-state index in [4.69, 9.17) is 0 Å². The summed E-state index contributed by atoms with van der Waals surface area (Å²) in [6.45, 7) is 8.76. The number of guanidine groups is 1. The normalized spacial score (nSPS) is 17.7. The van der Waals surface area contributed by atoms with Gasteiger partial charge in [0.15, 0.2) is 5.96 Å². The van der Waals surface area contributed by atoms with Gasteiger partial charge in [0.25, 0.3) is 0 Å². The van der Waals surface area contributed by atoms with E-state index in [2.05, 4.69) is 39.5 Å². The molecule has 6 nitrogen and oxygen atoms in total. The molecule has 25 heavy (non-hydrogen) atoms. The molecule has 7 heteroatoms. The van der Waals surface area contributed by atoms with Crippen molar-refractivity contribution in [2.45, 2.75) is 52.1 Å². The predicted octanol–water partition coefficient (Wildman–Crippen LogP) is 2.60. The lowest BCUT2D eigenvalue weighted by Crippen LogP contribution is -2.49. The lowest BCUT2D eigenvalue weighted by atomic mass is 10.0. The quantitative estimate of drug-likeness (QED) is 0.388. The highest BCUT2D eigenvalue weighted by atomic mass is 127. The Balaban J connectivity index is 0.00000312. The molecule has 0 bridgehead atoms. The third-order valence-electron chi connectivity index (χ3n) is 4.94. The topological polar surface area (TPSA) is 57.5 Å². The largest absolute Gasteiger partial charge is 0.355 e. The molecular weight excluding hydrogens is 427 g/mol. The lowest BCUT2D eigenvalue weighted by Gasteiger charge is -2.34. The van der Waals surface area contributed by atoms with E-state index in [9.17, 15) is 0 Å². The first-order valence-corrected chi connectivity index (χ1v) is 9.27. The third kappa shape index (κ3) is 7.13. The van der Waals surface area contributed by atoms with Crippen LogP contribution in [0.15, 0.2) is 17.3 Å². The fourth-order valence-electron chi connectivity index (χ4n) is 3.38. The van der Waals surface area contributed by atoms with Crippen LogP contribution in [0, 0.1) is 5.92 Å². The number of likely N-dealkylation sites (tertiary alicyclic amines) is 1. The number of halogens is 1. The summed E-state index contributed by atoms with van der Waals surface area (Å²) in [5.74, 6) is 1.49. The molecule has 0 amide bonds. The molecule has 1 fully saturated rings. The lowest BCUT2D eigenvalue weighted by molar-refractivity contribution is 0.161. The van der Waals surface area contributed by atoms with Gasteiger partial charge in [-0.25, -0.2) is 0 Å². The van der Waals surface area contributed by atoms with Crippen molar-refractivity contribution in [3.8, 4) is 0 Å².